The van der Waals surface area contributed by atoms with Gasteiger partial charge < -0.3 is 4.90 Å². The normalized spacial score (nSPS) is 12.3. The van der Waals surface area contributed by atoms with Crippen molar-refractivity contribution < 1.29 is 0 Å². The highest BCUT2D eigenvalue weighted by atomic mass is 35.5. The predicted octanol–water partition coefficient (Wildman–Crippen LogP) is 6.67. The van der Waals surface area contributed by atoms with Gasteiger partial charge >= 0.3 is 0 Å². The molecule has 0 aliphatic carbocycles. The summed E-state index contributed by atoms with van der Waals surface area (Å²) in [5, 5.41) is 10.3. The molecule has 0 unspecified atom stereocenters. The Morgan fingerprint density at radius 3 is 2.48 bits per heavy atom. The van der Waals surface area contributed by atoms with E-state index >= 15 is 0 Å². The van der Waals surface area contributed by atoms with Gasteiger partial charge in [-0.05, 0) is 48.0 Å². The molecule has 0 fully saturated rings. The number of hydrogen-bond donors (Lipinski definition) is 0. The Bertz CT molecular complexity index is 1010. The molecular weight excluding hydrogens is 371 g/mol. The third kappa shape index (κ3) is 3.09. The summed E-state index contributed by atoms with van der Waals surface area (Å²) in [4.78, 5) is 4.50. The van der Waals surface area contributed by atoms with Crippen LogP contribution in [0, 0.1) is 11.3 Å². The Labute approximate surface area is 160 Å². The highest BCUT2D eigenvalue weighted by Gasteiger charge is 2.23. The number of rotatable bonds is 2. The van der Waals surface area contributed by atoms with Gasteiger partial charge in [0.1, 0.15) is 0 Å². The van der Waals surface area contributed by atoms with Gasteiger partial charge in [-0.15, -0.1) is 0 Å². The molecule has 0 atom stereocenters. The molecule has 25 heavy (non-hydrogen) atoms. The van der Waals surface area contributed by atoms with Gasteiger partial charge in [0.25, 0.3) is 0 Å². The third-order valence-electron chi connectivity index (χ3n) is 4.08. The first-order valence-electron chi connectivity index (χ1n) is 7.68. The minimum Gasteiger partial charge on any atom is -0.335 e. The summed E-state index contributed by atoms with van der Waals surface area (Å²) in [6.45, 7) is 0.674. The molecule has 0 N–H and O–H groups in total. The van der Waals surface area contributed by atoms with E-state index in [1.807, 2.05) is 48.5 Å². The quantitative estimate of drug-likeness (QED) is 0.495. The van der Waals surface area contributed by atoms with Crippen LogP contribution in [-0.4, -0.2) is 0 Å². The molecule has 3 aromatic carbocycles. The number of halogens is 2. The molecule has 4 rings (SSSR count). The van der Waals surface area contributed by atoms with Gasteiger partial charge in [0, 0.05) is 16.3 Å². The summed E-state index contributed by atoms with van der Waals surface area (Å²) in [6.07, 6.45) is 0. The number of nitriles is 1. The monoisotopic (exact) mass is 382 g/mol. The van der Waals surface area contributed by atoms with Crippen molar-refractivity contribution in [3.8, 4) is 6.07 Å². The van der Waals surface area contributed by atoms with Crippen LogP contribution in [0.1, 0.15) is 11.1 Å². The van der Waals surface area contributed by atoms with Crippen LogP contribution in [0.3, 0.4) is 0 Å². The fourth-order valence-electron chi connectivity index (χ4n) is 2.89. The topological polar surface area (TPSA) is 27.0 Å². The van der Waals surface area contributed by atoms with Crippen LogP contribution in [0.15, 0.2) is 70.5 Å². The van der Waals surface area contributed by atoms with Crippen LogP contribution in [0.5, 0.6) is 0 Å². The molecule has 0 spiro atoms. The molecule has 0 amide bonds. The Morgan fingerprint density at radius 2 is 1.68 bits per heavy atom. The molecule has 122 valence electrons. The lowest BCUT2D eigenvalue weighted by atomic mass is 10.1. The van der Waals surface area contributed by atoms with E-state index in [1.54, 1.807) is 11.8 Å². The molecule has 0 bridgehead atoms. The predicted molar refractivity (Wildman–Crippen MR) is 104 cm³/mol. The van der Waals surface area contributed by atoms with E-state index < -0.39 is 0 Å². The number of nitrogens with zero attached hydrogens (tertiary/aromatic N) is 2. The maximum atomic E-state index is 9.19. The van der Waals surface area contributed by atoms with Crippen molar-refractivity contribution >= 4 is 46.3 Å². The second-order valence-corrected chi connectivity index (χ2v) is 7.60. The second-order valence-electron chi connectivity index (χ2n) is 5.70. The van der Waals surface area contributed by atoms with E-state index in [4.69, 9.17) is 23.2 Å². The molecule has 0 radical (unpaired) electrons. The van der Waals surface area contributed by atoms with Gasteiger partial charge in [0.2, 0.25) is 0 Å². The van der Waals surface area contributed by atoms with Crippen molar-refractivity contribution in [2.24, 2.45) is 0 Å². The molecule has 0 saturated heterocycles. The zero-order valence-corrected chi connectivity index (χ0v) is 15.4. The number of hydrogen-bond acceptors (Lipinski definition) is 3. The van der Waals surface area contributed by atoms with E-state index in [1.165, 1.54) is 4.90 Å². The third-order valence-corrected chi connectivity index (χ3v) is 5.93. The summed E-state index contributed by atoms with van der Waals surface area (Å²) >= 11 is 13.9. The van der Waals surface area contributed by atoms with Gasteiger partial charge in [-0.2, -0.15) is 5.26 Å². The number of fused-ring (bicyclic) bond motifs is 2. The minimum absolute atomic E-state index is 0.555. The zero-order valence-electron chi connectivity index (χ0n) is 13.0. The van der Waals surface area contributed by atoms with Crippen molar-refractivity contribution in [2.45, 2.75) is 16.3 Å². The molecule has 2 nitrogen and oxygen atoms in total. The molecule has 0 aromatic heterocycles. The van der Waals surface area contributed by atoms with Crippen LogP contribution >= 0.6 is 35.0 Å². The SMILES string of the molecule is N#Cc1ccc2c(c1)Sc1ccccc1N2Cc1ccc(Cl)c(Cl)c1. The average molecular weight is 383 g/mol. The van der Waals surface area contributed by atoms with Crippen molar-refractivity contribution in [1.82, 2.24) is 0 Å². The summed E-state index contributed by atoms with van der Waals surface area (Å²) < 4.78 is 0. The maximum Gasteiger partial charge on any atom is 0.0992 e. The molecule has 3 aromatic rings. The summed E-state index contributed by atoms with van der Waals surface area (Å²) in [5.41, 5.74) is 3.98. The molecule has 1 heterocycles. The first-order valence-corrected chi connectivity index (χ1v) is 9.25. The van der Waals surface area contributed by atoms with E-state index in [0.29, 0.717) is 22.2 Å². The zero-order chi connectivity index (χ0) is 17.4. The molecule has 5 heteroatoms. The van der Waals surface area contributed by atoms with Gasteiger partial charge in [-0.25, -0.2) is 0 Å². The van der Waals surface area contributed by atoms with Gasteiger partial charge in [-0.1, -0.05) is 53.2 Å². The lowest BCUT2D eigenvalue weighted by Gasteiger charge is -2.33. The lowest BCUT2D eigenvalue weighted by Crippen LogP contribution is -2.20. The van der Waals surface area contributed by atoms with E-state index in [9.17, 15) is 5.26 Å². The van der Waals surface area contributed by atoms with Crippen LogP contribution in [-0.2, 0) is 6.54 Å². The van der Waals surface area contributed by atoms with E-state index in [2.05, 4.69) is 23.1 Å². The van der Waals surface area contributed by atoms with Crippen LogP contribution in [0.2, 0.25) is 10.0 Å². The largest absolute Gasteiger partial charge is 0.335 e. The average Bonchev–Trinajstić information content (AvgIpc) is 2.64. The van der Waals surface area contributed by atoms with Gasteiger partial charge in [-0.3, -0.25) is 0 Å². The van der Waals surface area contributed by atoms with Gasteiger partial charge in [0.15, 0.2) is 0 Å². The highest BCUT2D eigenvalue weighted by molar-refractivity contribution is 7.99. The standard InChI is InChI=1S/C20H12Cl2N2S/c21-15-7-5-14(9-16(15)22)12-24-17-3-1-2-4-19(17)25-20-10-13(11-23)6-8-18(20)24/h1-10H,12H2. The smallest absolute Gasteiger partial charge is 0.0992 e. The summed E-state index contributed by atoms with van der Waals surface area (Å²) in [6, 6.07) is 22.0. The number of anilines is 2. The molecular formula is C20H12Cl2N2S. The van der Waals surface area contributed by atoms with Crippen molar-refractivity contribution in [2.75, 3.05) is 4.90 Å². The minimum atomic E-state index is 0.555. The number of benzene rings is 3. The Kier molecular flexibility index (Phi) is 4.35. The van der Waals surface area contributed by atoms with E-state index in [-0.39, 0.29) is 0 Å². The second kappa shape index (κ2) is 6.65. The van der Waals surface area contributed by atoms with Crippen molar-refractivity contribution in [3.05, 3.63) is 81.8 Å². The molecule has 1 aliphatic heterocycles. The van der Waals surface area contributed by atoms with Crippen LogP contribution < -0.4 is 4.90 Å². The van der Waals surface area contributed by atoms with Gasteiger partial charge in [0.05, 0.1) is 33.1 Å². The van der Waals surface area contributed by atoms with Crippen molar-refractivity contribution in [3.63, 3.8) is 0 Å². The fraction of sp³-hybridized carbons (Fsp3) is 0.0500. The highest BCUT2D eigenvalue weighted by Crippen LogP contribution is 2.48. The van der Waals surface area contributed by atoms with Crippen LogP contribution in [0.4, 0.5) is 11.4 Å². The van der Waals surface area contributed by atoms with Crippen molar-refractivity contribution in [1.29, 1.82) is 5.26 Å². The molecule has 1 aliphatic rings. The molecule has 0 saturated carbocycles. The first-order chi connectivity index (χ1) is 12.2. The van der Waals surface area contributed by atoms with Crippen LogP contribution in [0.25, 0.3) is 0 Å². The Morgan fingerprint density at radius 1 is 0.880 bits per heavy atom. The summed E-state index contributed by atoms with van der Waals surface area (Å²) in [7, 11) is 0. The first kappa shape index (κ1) is 16.4. The summed E-state index contributed by atoms with van der Waals surface area (Å²) in [5.74, 6) is 0. The fourth-order valence-corrected chi connectivity index (χ4v) is 4.35. The Balaban J connectivity index is 1.81. The lowest BCUT2D eigenvalue weighted by molar-refractivity contribution is 0.938. The Hall–Kier alpha value is -2.12. The maximum absolute atomic E-state index is 9.19. The van der Waals surface area contributed by atoms with E-state index in [0.717, 1.165) is 21.8 Å². The number of para-hydroxylation sites is 1.